The van der Waals surface area contributed by atoms with Gasteiger partial charge in [0.15, 0.2) is 0 Å². The summed E-state index contributed by atoms with van der Waals surface area (Å²) in [7, 11) is 0. The van der Waals surface area contributed by atoms with Crippen LogP contribution in [0.1, 0.15) is 16.5 Å². The fraction of sp³-hybridized carbons (Fsp3) is 0.167. The molecule has 1 aromatic carbocycles. The van der Waals surface area contributed by atoms with E-state index < -0.39 is 0 Å². The topological polar surface area (TPSA) is 38.0 Å². The summed E-state index contributed by atoms with van der Waals surface area (Å²) in [6, 6.07) is 11.9. The van der Waals surface area contributed by atoms with Crippen molar-refractivity contribution >= 4 is 38.9 Å². The van der Waals surface area contributed by atoms with E-state index in [0.29, 0.717) is 0 Å². The molecule has 0 radical (unpaired) electrons. The first-order valence-corrected chi connectivity index (χ1v) is 7.14. The van der Waals surface area contributed by atoms with Crippen LogP contribution in [0.4, 0.5) is 0 Å². The summed E-state index contributed by atoms with van der Waals surface area (Å²) in [6.45, 7) is 0. The zero-order chi connectivity index (χ0) is 12.3. The van der Waals surface area contributed by atoms with Crippen LogP contribution >= 0.6 is 38.9 Å². The zero-order valence-corrected chi connectivity index (χ0v) is 12.1. The molecule has 17 heavy (non-hydrogen) atoms. The highest BCUT2D eigenvalue weighted by Gasteiger charge is 2.14. The summed E-state index contributed by atoms with van der Waals surface area (Å²) < 4.78 is 1.13. The van der Waals surface area contributed by atoms with Gasteiger partial charge in [0.2, 0.25) is 0 Å². The van der Waals surface area contributed by atoms with Crippen molar-refractivity contribution in [3.63, 3.8) is 0 Å². The fourth-order valence-electron chi connectivity index (χ4n) is 1.68. The molecule has 1 atom stereocenters. The molecule has 0 fully saturated rings. The van der Waals surface area contributed by atoms with Gasteiger partial charge in [-0.05, 0) is 39.7 Å². The number of hydrogen-bond donors (Lipinski definition) is 2. The first kappa shape index (κ1) is 13.1. The molecule has 90 valence electrons. The summed E-state index contributed by atoms with van der Waals surface area (Å²) in [4.78, 5) is 1.26. The van der Waals surface area contributed by atoms with E-state index in [-0.39, 0.29) is 6.04 Å². The Morgan fingerprint density at radius 3 is 2.65 bits per heavy atom. The SMILES string of the molecule is NNC(Cc1ccc(Br)s1)c1ccccc1Cl. The monoisotopic (exact) mass is 330 g/mol. The number of rotatable bonds is 4. The number of benzene rings is 1. The van der Waals surface area contributed by atoms with Gasteiger partial charge >= 0.3 is 0 Å². The molecular formula is C12H12BrClN2S. The molecule has 3 N–H and O–H groups in total. The maximum atomic E-state index is 6.17. The number of halogens is 2. The molecule has 0 amide bonds. The highest BCUT2D eigenvalue weighted by atomic mass is 79.9. The molecule has 0 aliphatic carbocycles. The van der Waals surface area contributed by atoms with Gasteiger partial charge < -0.3 is 0 Å². The van der Waals surface area contributed by atoms with Crippen LogP contribution in [-0.2, 0) is 6.42 Å². The van der Waals surface area contributed by atoms with Crippen LogP contribution in [0.2, 0.25) is 5.02 Å². The summed E-state index contributed by atoms with van der Waals surface area (Å²) in [6.07, 6.45) is 0.830. The molecule has 0 bridgehead atoms. The second kappa shape index (κ2) is 5.98. The average Bonchev–Trinajstić information content (AvgIpc) is 2.73. The predicted octanol–water partition coefficient (Wildman–Crippen LogP) is 3.91. The van der Waals surface area contributed by atoms with Crippen LogP contribution < -0.4 is 11.3 Å². The second-order valence-corrected chi connectivity index (χ2v) is 6.61. The molecule has 0 saturated carbocycles. The normalized spacial score (nSPS) is 12.6. The van der Waals surface area contributed by atoms with E-state index in [9.17, 15) is 0 Å². The molecule has 1 unspecified atom stereocenters. The van der Waals surface area contributed by atoms with Crippen molar-refractivity contribution in [2.45, 2.75) is 12.5 Å². The van der Waals surface area contributed by atoms with E-state index in [1.165, 1.54) is 4.88 Å². The van der Waals surface area contributed by atoms with E-state index in [1.54, 1.807) is 11.3 Å². The van der Waals surface area contributed by atoms with Crippen molar-refractivity contribution in [2.75, 3.05) is 0 Å². The molecule has 1 aromatic heterocycles. The molecule has 1 heterocycles. The largest absolute Gasteiger partial charge is 0.271 e. The third-order valence-electron chi connectivity index (χ3n) is 2.52. The number of thiophene rings is 1. The van der Waals surface area contributed by atoms with Crippen molar-refractivity contribution < 1.29 is 0 Å². The van der Waals surface area contributed by atoms with Crippen molar-refractivity contribution in [1.29, 1.82) is 0 Å². The van der Waals surface area contributed by atoms with Gasteiger partial charge in [-0.1, -0.05) is 29.8 Å². The summed E-state index contributed by atoms with van der Waals surface area (Å²) in [5, 5.41) is 0.742. The van der Waals surface area contributed by atoms with Gasteiger partial charge in [0.05, 0.1) is 9.83 Å². The molecule has 2 nitrogen and oxygen atoms in total. The van der Waals surface area contributed by atoms with Crippen LogP contribution in [0.25, 0.3) is 0 Å². The lowest BCUT2D eigenvalue weighted by atomic mass is 10.0. The number of hydrazine groups is 1. The van der Waals surface area contributed by atoms with Crippen LogP contribution in [0, 0.1) is 0 Å². The molecule has 0 saturated heterocycles. The van der Waals surface area contributed by atoms with Gasteiger partial charge in [0.25, 0.3) is 0 Å². The number of nitrogens with two attached hydrogens (primary N) is 1. The molecule has 2 aromatic rings. The maximum Gasteiger partial charge on any atom is 0.0701 e. The quantitative estimate of drug-likeness (QED) is 0.658. The van der Waals surface area contributed by atoms with Crippen molar-refractivity contribution in [3.05, 3.63) is 55.6 Å². The molecule has 0 spiro atoms. The number of hydrogen-bond acceptors (Lipinski definition) is 3. The maximum absolute atomic E-state index is 6.17. The van der Waals surface area contributed by atoms with E-state index in [2.05, 4.69) is 27.4 Å². The first-order valence-electron chi connectivity index (χ1n) is 5.15. The Kier molecular flexibility index (Phi) is 4.59. The molecule has 2 rings (SSSR count). The Hall–Kier alpha value is -0.390. The summed E-state index contributed by atoms with van der Waals surface area (Å²) in [5.74, 6) is 5.61. The molecule has 5 heteroatoms. The van der Waals surface area contributed by atoms with E-state index in [4.69, 9.17) is 17.4 Å². The molecular weight excluding hydrogens is 320 g/mol. The van der Waals surface area contributed by atoms with Gasteiger partial charge in [-0.25, -0.2) is 0 Å². The lowest BCUT2D eigenvalue weighted by Gasteiger charge is -2.16. The summed E-state index contributed by atoms with van der Waals surface area (Å²) in [5.41, 5.74) is 3.85. The van der Waals surface area contributed by atoms with Crippen LogP contribution in [0.5, 0.6) is 0 Å². The van der Waals surface area contributed by atoms with Gasteiger partial charge in [-0.2, -0.15) is 0 Å². The highest BCUT2D eigenvalue weighted by Crippen LogP contribution is 2.29. The van der Waals surface area contributed by atoms with E-state index in [0.717, 1.165) is 20.8 Å². The minimum atomic E-state index is 0.0363. The van der Waals surface area contributed by atoms with Crippen LogP contribution in [-0.4, -0.2) is 0 Å². The Balaban J connectivity index is 2.20. The molecule has 0 aliphatic rings. The van der Waals surface area contributed by atoms with E-state index in [1.807, 2.05) is 30.3 Å². The number of nitrogens with one attached hydrogen (secondary N) is 1. The third kappa shape index (κ3) is 3.30. The third-order valence-corrected chi connectivity index (χ3v) is 4.51. The van der Waals surface area contributed by atoms with E-state index >= 15 is 0 Å². The zero-order valence-electron chi connectivity index (χ0n) is 8.99. The highest BCUT2D eigenvalue weighted by molar-refractivity contribution is 9.11. The van der Waals surface area contributed by atoms with Crippen LogP contribution in [0.3, 0.4) is 0 Å². The minimum absolute atomic E-state index is 0.0363. The van der Waals surface area contributed by atoms with Gasteiger partial charge in [0.1, 0.15) is 0 Å². The molecule has 0 aliphatic heterocycles. The van der Waals surface area contributed by atoms with Crippen LogP contribution in [0.15, 0.2) is 40.2 Å². The van der Waals surface area contributed by atoms with Crippen molar-refractivity contribution in [1.82, 2.24) is 5.43 Å². The van der Waals surface area contributed by atoms with Crippen molar-refractivity contribution in [2.24, 2.45) is 5.84 Å². The fourth-order valence-corrected chi connectivity index (χ4v) is 3.47. The van der Waals surface area contributed by atoms with Gasteiger partial charge in [0, 0.05) is 16.3 Å². The average molecular weight is 332 g/mol. The Bertz CT molecular complexity index is 501. The van der Waals surface area contributed by atoms with Crippen molar-refractivity contribution in [3.8, 4) is 0 Å². The smallest absolute Gasteiger partial charge is 0.0701 e. The lowest BCUT2D eigenvalue weighted by Crippen LogP contribution is -2.29. The predicted molar refractivity (Wildman–Crippen MR) is 77.2 cm³/mol. The Morgan fingerprint density at radius 1 is 1.29 bits per heavy atom. The Morgan fingerprint density at radius 2 is 2.06 bits per heavy atom. The Labute approximate surface area is 118 Å². The summed E-state index contributed by atoms with van der Waals surface area (Å²) >= 11 is 11.3. The lowest BCUT2D eigenvalue weighted by molar-refractivity contribution is 0.556. The second-order valence-electron chi connectivity index (χ2n) is 3.65. The minimum Gasteiger partial charge on any atom is -0.271 e. The van der Waals surface area contributed by atoms with Gasteiger partial charge in [-0.3, -0.25) is 11.3 Å². The standard InChI is InChI=1S/C12H12BrClN2S/c13-12-6-5-8(17-12)7-11(16-15)9-3-1-2-4-10(9)14/h1-6,11,16H,7,15H2. The first-order chi connectivity index (χ1) is 8.20. The van der Waals surface area contributed by atoms with Gasteiger partial charge in [-0.15, -0.1) is 11.3 Å².